The Morgan fingerprint density at radius 2 is 2.06 bits per heavy atom. The van der Waals surface area contributed by atoms with Gasteiger partial charge in [-0.05, 0) is 49.1 Å². The van der Waals surface area contributed by atoms with Crippen LogP contribution in [-0.2, 0) is 4.79 Å². The van der Waals surface area contributed by atoms with Crippen LogP contribution in [0, 0.1) is 6.92 Å². The maximum absolute atomic E-state index is 10.7. The third kappa shape index (κ3) is 2.87. The second-order valence-electron chi connectivity index (χ2n) is 4.47. The fourth-order valence-corrected chi connectivity index (χ4v) is 2.19. The van der Waals surface area contributed by atoms with Gasteiger partial charge in [-0.3, -0.25) is 4.79 Å². The molecule has 0 saturated carbocycles. The molecule has 1 saturated heterocycles. The van der Waals surface area contributed by atoms with Crippen LogP contribution in [0.2, 0.25) is 0 Å². The highest BCUT2D eigenvalue weighted by molar-refractivity contribution is 5.90. The lowest BCUT2D eigenvalue weighted by Crippen LogP contribution is -2.17. The van der Waals surface area contributed by atoms with Gasteiger partial charge in [-0.15, -0.1) is 0 Å². The molecule has 0 unspecified atom stereocenters. The Morgan fingerprint density at radius 1 is 1.35 bits per heavy atom. The molecule has 0 spiro atoms. The number of anilines is 1. The van der Waals surface area contributed by atoms with Gasteiger partial charge in [-0.25, -0.2) is 0 Å². The third-order valence-corrected chi connectivity index (χ3v) is 3.15. The average molecular weight is 230 g/mol. The molecule has 0 bridgehead atoms. The number of carbonyl (C=O) groups excluding carboxylic acids is 1. The van der Waals surface area contributed by atoms with E-state index in [1.807, 2.05) is 6.07 Å². The number of rotatable bonds is 3. The van der Waals surface area contributed by atoms with E-state index in [2.05, 4.69) is 24.0 Å². The van der Waals surface area contributed by atoms with Gasteiger partial charge in [0, 0.05) is 24.9 Å². The van der Waals surface area contributed by atoms with E-state index in [9.17, 15) is 4.79 Å². The van der Waals surface area contributed by atoms with E-state index in [1.54, 1.807) is 6.08 Å². The lowest BCUT2D eigenvalue weighted by atomic mass is 10.1. The van der Waals surface area contributed by atoms with Crippen molar-refractivity contribution in [2.45, 2.75) is 19.8 Å². The van der Waals surface area contributed by atoms with Crippen LogP contribution in [0.15, 0.2) is 24.3 Å². The van der Waals surface area contributed by atoms with Gasteiger partial charge < -0.3 is 10.6 Å². The van der Waals surface area contributed by atoms with Crippen LogP contribution >= 0.6 is 0 Å². The van der Waals surface area contributed by atoms with Gasteiger partial charge in [0.2, 0.25) is 5.91 Å². The molecular weight excluding hydrogens is 212 g/mol. The Labute approximate surface area is 102 Å². The molecule has 90 valence electrons. The van der Waals surface area contributed by atoms with Crippen LogP contribution < -0.4 is 10.6 Å². The summed E-state index contributed by atoms with van der Waals surface area (Å²) < 4.78 is 0. The molecule has 2 rings (SSSR count). The summed E-state index contributed by atoms with van der Waals surface area (Å²) in [6.07, 6.45) is 5.73. The standard InChI is InChI=1S/C14H18N2O/c1-11-10-13(16-8-2-3-9-16)6-4-12(11)5-7-14(15)17/h4-7,10H,2-3,8-9H2,1H3,(H2,15,17)/b7-5-. The molecule has 1 heterocycles. The lowest BCUT2D eigenvalue weighted by molar-refractivity contribution is -0.113. The first-order valence-corrected chi connectivity index (χ1v) is 6.00. The van der Waals surface area contributed by atoms with E-state index in [1.165, 1.54) is 30.2 Å². The maximum atomic E-state index is 10.7. The largest absolute Gasteiger partial charge is 0.372 e. The van der Waals surface area contributed by atoms with Crippen LogP contribution in [0.1, 0.15) is 24.0 Å². The number of carbonyl (C=O) groups is 1. The molecule has 1 amide bonds. The Hall–Kier alpha value is -1.77. The van der Waals surface area contributed by atoms with Crippen molar-refractivity contribution in [2.24, 2.45) is 5.73 Å². The third-order valence-electron chi connectivity index (χ3n) is 3.15. The van der Waals surface area contributed by atoms with Gasteiger partial charge in [-0.1, -0.05) is 6.07 Å². The van der Waals surface area contributed by atoms with Gasteiger partial charge in [0.25, 0.3) is 0 Å². The summed E-state index contributed by atoms with van der Waals surface area (Å²) in [4.78, 5) is 13.1. The van der Waals surface area contributed by atoms with Crippen molar-refractivity contribution < 1.29 is 4.79 Å². The smallest absolute Gasteiger partial charge is 0.241 e. The number of nitrogens with two attached hydrogens (primary N) is 1. The Balaban J connectivity index is 2.19. The normalized spacial score (nSPS) is 15.7. The van der Waals surface area contributed by atoms with Crippen molar-refractivity contribution >= 4 is 17.7 Å². The molecule has 3 heteroatoms. The Morgan fingerprint density at radius 3 is 2.65 bits per heavy atom. The molecule has 1 aliphatic heterocycles. The van der Waals surface area contributed by atoms with Gasteiger partial charge in [0.15, 0.2) is 0 Å². The zero-order valence-corrected chi connectivity index (χ0v) is 10.1. The van der Waals surface area contributed by atoms with Gasteiger partial charge in [0.1, 0.15) is 0 Å². The van der Waals surface area contributed by atoms with Crippen molar-refractivity contribution in [3.05, 3.63) is 35.4 Å². The number of hydrogen-bond donors (Lipinski definition) is 1. The first kappa shape index (κ1) is 11.7. The number of aryl methyl sites for hydroxylation is 1. The molecule has 1 aromatic carbocycles. The van der Waals surface area contributed by atoms with E-state index in [-0.39, 0.29) is 0 Å². The minimum Gasteiger partial charge on any atom is -0.372 e. The molecule has 1 fully saturated rings. The number of amides is 1. The van der Waals surface area contributed by atoms with Crippen molar-refractivity contribution in [2.75, 3.05) is 18.0 Å². The van der Waals surface area contributed by atoms with Gasteiger partial charge in [0.05, 0.1) is 0 Å². The topological polar surface area (TPSA) is 46.3 Å². The predicted molar refractivity (Wildman–Crippen MR) is 70.9 cm³/mol. The summed E-state index contributed by atoms with van der Waals surface area (Å²) in [6, 6.07) is 6.33. The second kappa shape index (κ2) is 5.04. The molecule has 0 aliphatic carbocycles. The molecule has 2 N–H and O–H groups in total. The van der Waals surface area contributed by atoms with E-state index >= 15 is 0 Å². The van der Waals surface area contributed by atoms with E-state index in [0.717, 1.165) is 18.7 Å². The van der Waals surface area contributed by atoms with Crippen LogP contribution in [0.3, 0.4) is 0 Å². The highest BCUT2D eigenvalue weighted by Gasteiger charge is 2.12. The average Bonchev–Trinajstić information content (AvgIpc) is 2.80. The summed E-state index contributed by atoms with van der Waals surface area (Å²) in [5, 5.41) is 0. The SMILES string of the molecule is Cc1cc(N2CCCC2)ccc1/C=C\C(N)=O. The molecule has 0 aromatic heterocycles. The van der Waals surface area contributed by atoms with E-state index in [4.69, 9.17) is 5.73 Å². The van der Waals surface area contributed by atoms with Crippen LogP contribution in [-0.4, -0.2) is 19.0 Å². The summed E-state index contributed by atoms with van der Waals surface area (Å²) in [5.74, 6) is -0.409. The summed E-state index contributed by atoms with van der Waals surface area (Å²) in [5.41, 5.74) is 8.58. The minimum absolute atomic E-state index is 0.409. The fraction of sp³-hybridized carbons (Fsp3) is 0.357. The first-order valence-electron chi connectivity index (χ1n) is 6.00. The summed E-state index contributed by atoms with van der Waals surface area (Å²) in [6.45, 7) is 4.35. The molecule has 3 nitrogen and oxygen atoms in total. The summed E-state index contributed by atoms with van der Waals surface area (Å²) in [7, 11) is 0. The van der Waals surface area contributed by atoms with Crippen molar-refractivity contribution in [3.8, 4) is 0 Å². The van der Waals surface area contributed by atoms with Gasteiger partial charge in [-0.2, -0.15) is 0 Å². The maximum Gasteiger partial charge on any atom is 0.241 e. The predicted octanol–water partition coefficient (Wildman–Crippen LogP) is 2.09. The van der Waals surface area contributed by atoms with Crippen LogP contribution in [0.25, 0.3) is 6.08 Å². The second-order valence-corrected chi connectivity index (χ2v) is 4.47. The number of benzene rings is 1. The minimum atomic E-state index is -0.409. The molecule has 1 aromatic rings. The van der Waals surface area contributed by atoms with Crippen LogP contribution in [0.4, 0.5) is 5.69 Å². The first-order chi connectivity index (χ1) is 8.16. The zero-order chi connectivity index (χ0) is 12.3. The number of hydrogen-bond acceptors (Lipinski definition) is 2. The fourth-order valence-electron chi connectivity index (χ4n) is 2.19. The molecule has 0 radical (unpaired) electrons. The van der Waals surface area contributed by atoms with E-state index in [0.29, 0.717) is 0 Å². The number of primary amides is 1. The van der Waals surface area contributed by atoms with Crippen molar-refractivity contribution in [3.63, 3.8) is 0 Å². The van der Waals surface area contributed by atoms with Gasteiger partial charge >= 0.3 is 0 Å². The Kier molecular flexibility index (Phi) is 3.47. The van der Waals surface area contributed by atoms with E-state index < -0.39 is 5.91 Å². The van der Waals surface area contributed by atoms with Crippen molar-refractivity contribution in [1.82, 2.24) is 0 Å². The molecule has 0 atom stereocenters. The molecule has 1 aliphatic rings. The number of nitrogens with zero attached hydrogens (tertiary/aromatic N) is 1. The van der Waals surface area contributed by atoms with Crippen molar-refractivity contribution in [1.29, 1.82) is 0 Å². The summed E-state index contributed by atoms with van der Waals surface area (Å²) >= 11 is 0. The Bertz CT molecular complexity index is 446. The highest BCUT2D eigenvalue weighted by Crippen LogP contribution is 2.23. The monoisotopic (exact) mass is 230 g/mol. The zero-order valence-electron chi connectivity index (χ0n) is 10.1. The molecule has 17 heavy (non-hydrogen) atoms. The highest BCUT2D eigenvalue weighted by atomic mass is 16.1. The van der Waals surface area contributed by atoms with Crippen LogP contribution in [0.5, 0.6) is 0 Å². The quantitative estimate of drug-likeness (QED) is 0.808. The molecular formula is C14H18N2O. The lowest BCUT2D eigenvalue weighted by Gasteiger charge is -2.18.